The molecule has 2 nitrogen and oxygen atoms in total. The second kappa shape index (κ2) is 6.89. The second-order valence-corrected chi connectivity index (χ2v) is 4.84. The fourth-order valence-corrected chi connectivity index (χ4v) is 2.24. The lowest BCUT2D eigenvalue weighted by Gasteiger charge is -2.20. The molecule has 3 N–H and O–H groups in total. The highest BCUT2D eigenvalue weighted by Gasteiger charge is 2.13. The van der Waals surface area contributed by atoms with E-state index >= 15 is 0 Å². The lowest BCUT2D eigenvalue weighted by Crippen LogP contribution is -2.29. The SMILES string of the molecule is CCCC(C)CC(NN)c1cccc(Cl)c1. The van der Waals surface area contributed by atoms with Crippen molar-refractivity contribution in [1.82, 2.24) is 5.43 Å². The molecule has 1 aromatic rings. The Balaban J connectivity index is 2.67. The Morgan fingerprint density at radius 2 is 2.19 bits per heavy atom. The van der Waals surface area contributed by atoms with E-state index in [9.17, 15) is 0 Å². The first-order valence-corrected chi connectivity index (χ1v) is 6.26. The number of nitrogens with two attached hydrogens (primary N) is 1. The molecular weight excluding hydrogens is 220 g/mol. The van der Waals surface area contributed by atoms with Crippen LogP contribution in [0.5, 0.6) is 0 Å². The van der Waals surface area contributed by atoms with Crippen LogP contribution in [0.15, 0.2) is 24.3 Å². The van der Waals surface area contributed by atoms with Gasteiger partial charge in [0.2, 0.25) is 0 Å². The highest BCUT2D eigenvalue weighted by Crippen LogP contribution is 2.24. The summed E-state index contributed by atoms with van der Waals surface area (Å²) in [5.41, 5.74) is 4.04. The Kier molecular flexibility index (Phi) is 5.81. The number of hydrogen-bond acceptors (Lipinski definition) is 2. The fourth-order valence-electron chi connectivity index (χ4n) is 2.04. The van der Waals surface area contributed by atoms with Crippen molar-refractivity contribution in [2.45, 2.75) is 39.2 Å². The minimum absolute atomic E-state index is 0.195. The highest BCUT2D eigenvalue weighted by molar-refractivity contribution is 6.30. The van der Waals surface area contributed by atoms with Crippen LogP contribution in [-0.2, 0) is 0 Å². The Bertz CT molecular complexity index is 315. The van der Waals surface area contributed by atoms with Crippen molar-refractivity contribution in [2.24, 2.45) is 11.8 Å². The lowest BCUT2D eigenvalue weighted by atomic mass is 9.93. The standard InChI is InChI=1S/C13H21ClN2/c1-3-5-10(2)8-13(16-15)11-6-4-7-12(14)9-11/h4,6-7,9-10,13,16H,3,5,8,15H2,1-2H3. The topological polar surface area (TPSA) is 38.0 Å². The van der Waals surface area contributed by atoms with Crippen LogP contribution in [0.1, 0.15) is 44.7 Å². The summed E-state index contributed by atoms with van der Waals surface area (Å²) in [6, 6.07) is 8.08. The van der Waals surface area contributed by atoms with E-state index < -0.39 is 0 Å². The summed E-state index contributed by atoms with van der Waals surface area (Å²) in [6.07, 6.45) is 3.50. The van der Waals surface area contributed by atoms with E-state index in [4.69, 9.17) is 17.4 Å². The van der Waals surface area contributed by atoms with Crippen LogP contribution < -0.4 is 11.3 Å². The van der Waals surface area contributed by atoms with Gasteiger partial charge < -0.3 is 0 Å². The molecule has 2 atom stereocenters. The predicted molar refractivity (Wildman–Crippen MR) is 70.2 cm³/mol. The van der Waals surface area contributed by atoms with Gasteiger partial charge in [0.15, 0.2) is 0 Å². The molecular formula is C13H21ClN2. The van der Waals surface area contributed by atoms with Gasteiger partial charge in [-0.3, -0.25) is 11.3 Å². The quantitative estimate of drug-likeness (QED) is 0.588. The Labute approximate surface area is 103 Å². The van der Waals surface area contributed by atoms with E-state index in [0.29, 0.717) is 5.92 Å². The predicted octanol–water partition coefficient (Wildman–Crippen LogP) is 3.67. The molecule has 0 aliphatic carbocycles. The van der Waals surface area contributed by atoms with Gasteiger partial charge >= 0.3 is 0 Å². The third-order valence-corrected chi connectivity index (χ3v) is 3.11. The van der Waals surface area contributed by atoms with Crippen molar-refractivity contribution in [3.8, 4) is 0 Å². The Morgan fingerprint density at radius 1 is 1.44 bits per heavy atom. The van der Waals surface area contributed by atoms with Gasteiger partial charge in [-0.25, -0.2) is 0 Å². The van der Waals surface area contributed by atoms with Crippen LogP contribution in [0.2, 0.25) is 5.02 Å². The molecule has 0 radical (unpaired) electrons. The van der Waals surface area contributed by atoms with Crippen molar-refractivity contribution in [1.29, 1.82) is 0 Å². The van der Waals surface area contributed by atoms with Crippen molar-refractivity contribution < 1.29 is 0 Å². The molecule has 0 fully saturated rings. The first-order chi connectivity index (χ1) is 7.67. The van der Waals surface area contributed by atoms with E-state index in [1.54, 1.807) is 0 Å². The van der Waals surface area contributed by atoms with Gasteiger partial charge in [0.1, 0.15) is 0 Å². The van der Waals surface area contributed by atoms with Crippen molar-refractivity contribution in [2.75, 3.05) is 0 Å². The maximum atomic E-state index is 5.98. The zero-order chi connectivity index (χ0) is 12.0. The third kappa shape index (κ3) is 4.12. The van der Waals surface area contributed by atoms with Crippen LogP contribution >= 0.6 is 11.6 Å². The van der Waals surface area contributed by atoms with Crippen LogP contribution in [0.3, 0.4) is 0 Å². The fraction of sp³-hybridized carbons (Fsp3) is 0.538. The molecule has 0 heterocycles. The molecule has 0 aromatic heterocycles. The van der Waals surface area contributed by atoms with Gasteiger partial charge in [0, 0.05) is 11.1 Å². The van der Waals surface area contributed by atoms with E-state index in [2.05, 4.69) is 25.3 Å². The van der Waals surface area contributed by atoms with Gasteiger partial charge in [0.25, 0.3) is 0 Å². The lowest BCUT2D eigenvalue weighted by molar-refractivity contribution is 0.394. The molecule has 0 spiro atoms. The van der Waals surface area contributed by atoms with Crippen molar-refractivity contribution >= 4 is 11.6 Å². The first kappa shape index (κ1) is 13.5. The van der Waals surface area contributed by atoms with Gasteiger partial charge in [-0.05, 0) is 30.0 Å². The number of halogens is 1. The van der Waals surface area contributed by atoms with Crippen LogP contribution in [0, 0.1) is 5.92 Å². The molecule has 0 amide bonds. The summed E-state index contributed by atoms with van der Waals surface area (Å²) in [5.74, 6) is 6.28. The number of hydrazine groups is 1. The first-order valence-electron chi connectivity index (χ1n) is 5.89. The van der Waals surface area contributed by atoms with Gasteiger partial charge in [-0.1, -0.05) is 50.4 Å². The van der Waals surface area contributed by atoms with E-state index in [1.165, 1.54) is 12.8 Å². The summed E-state index contributed by atoms with van der Waals surface area (Å²) in [6.45, 7) is 4.47. The Hall–Kier alpha value is -0.570. The molecule has 1 rings (SSSR count). The summed E-state index contributed by atoms with van der Waals surface area (Å²) >= 11 is 5.98. The van der Waals surface area contributed by atoms with E-state index in [-0.39, 0.29) is 6.04 Å². The number of rotatable bonds is 6. The summed E-state index contributed by atoms with van der Waals surface area (Å²) in [7, 11) is 0. The molecule has 0 saturated heterocycles. The molecule has 0 aliphatic heterocycles. The molecule has 1 aromatic carbocycles. The normalized spacial score (nSPS) is 14.8. The van der Waals surface area contributed by atoms with Crippen molar-refractivity contribution in [3.63, 3.8) is 0 Å². The largest absolute Gasteiger partial charge is 0.271 e. The molecule has 16 heavy (non-hydrogen) atoms. The van der Waals surface area contributed by atoms with E-state index in [0.717, 1.165) is 17.0 Å². The number of benzene rings is 1. The van der Waals surface area contributed by atoms with Crippen LogP contribution in [0.4, 0.5) is 0 Å². The van der Waals surface area contributed by atoms with Gasteiger partial charge in [0.05, 0.1) is 0 Å². The zero-order valence-corrected chi connectivity index (χ0v) is 10.8. The average molecular weight is 241 g/mol. The second-order valence-electron chi connectivity index (χ2n) is 4.40. The van der Waals surface area contributed by atoms with Crippen molar-refractivity contribution in [3.05, 3.63) is 34.9 Å². The van der Waals surface area contributed by atoms with E-state index in [1.807, 2.05) is 18.2 Å². The van der Waals surface area contributed by atoms with Gasteiger partial charge in [-0.15, -0.1) is 0 Å². The molecule has 3 heteroatoms. The Morgan fingerprint density at radius 3 is 2.75 bits per heavy atom. The maximum Gasteiger partial charge on any atom is 0.0463 e. The minimum Gasteiger partial charge on any atom is -0.271 e. The summed E-state index contributed by atoms with van der Waals surface area (Å²) < 4.78 is 0. The smallest absolute Gasteiger partial charge is 0.0463 e. The summed E-state index contributed by atoms with van der Waals surface area (Å²) in [5, 5.41) is 0.765. The third-order valence-electron chi connectivity index (χ3n) is 2.87. The molecule has 0 aliphatic rings. The van der Waals surface area contributed by atoms with Gasteiger partial charge in [-0.2, -0.15) is 0 Å². The molecule has 0 bridgehead atoms. The highest BCUT2D eigenvalue weighted by atomic mass is 35.5. The average Bonchev–Trinajstić information content (AvgIpc) is 2.26. The molecule has 90 valence electrons. The minimum atomic E-state index is 0.195. The van der Waals surface area contributed by atoms with Crippen LogP contribution in [-0.4, -0.2) is 0 Å². The number of nitrogens with one attached hydrogen (secondary N) is 1. The van der Waals surface area contributed by atoms with Crippen LogP contribution in [0.25, 0.3) is 0 Å². The molecule has 2 unspecified atom stereocenters. The number of hydrogen-bond donors (Lipinski definition) is 2. The molecule has 0 saturated carbocycles. The zero-order valence-electron chi connectivity index (χ0n) is 10.0. The summed E-state index contributed by atoms with van der Waals surface area (Å²) in [4.78, 5) is 0. The maximum absolute atomic E-state index is 5.98. The monoisotopic (exact) mass is 240 g/mol.